The first-order chi connectivity index (χ1) is 16.2. The van der Waals surface area contributed by atoms with E-state index >= 15 is 0 Å². The van der Waals surface area contributed by atoms with Gasteiger partial charge in [-0.25, -0.2) is 4.98 Å². The maximum atomic E-state index is 13.5. The number of aromatic nitrogens is 3. The highest BCUT2D eigenvalue weighted by molar-refractivity contribution is 6.07. The largest absolute Gasteiger partial charge is 0.349 e. The molecule has 3 aromatic heterocycles. The van der Waals surface area contributed by atoms with E-state index in [1.807, 2.05) is 47.4 Å². The zero-order valence-corrected chi connectivity index (χ0v) is 18.0. The zero-order valence-electron chi connectivity index (χ0n) is 18.0. The standard InChI is InChI=1S/C26H23N5O2/c32-25(19-4-3-11-28-17-19)29-20-9-14-31(15-10-20)26(33)22-16-24(18-7-12-27-13-8-18)30-23-6-2-1-5-21(22)23/h1-8,11-13,16-17,20H,9-10,14-15H2,(H,29,32). The molecule has 0 saturated carbocycles. The summed E-state index contributed by atoms with van der Waals surface area (Å²) in [6.07, 6.45) is 8.05. The van der Waals surface area contributed by atoms with Gasteiger partial charge in [0.25, 0.3) is 11.8 Å². The minimum Gasteiger partial charge on any atom is -0.349 e. The second kappa shape index (κ2) is 9.16. The smallest absolute Gasteiger partial charge is 0.254 e. The fourth-order valence-electron chi connectivity index (χ4n) is 4.19. The van der Waals surface area contributed by atoms with Crippen LogP contribution < -0.4 is 5.32 Å². The number of piperidine rings is 1. The van der Waals surface area contributed by atoms with E-state index in [-0.39, 0.29) is 17.9 Å². The average Bonchev–Trinajstić information content (AvgIpc) is 2.89. The molecule has 4 heterocycles. The first-order valence-corrected chi connectivity index (χ1v) is 11.0. The molecular formula is C26H23N5O2. The van der Waals surface area contributed by atoms with Gasteiger partial charge in [0.1, 0.15) is 0 Å². The number of rotatable bonds is 4. The number of benzene rings is 1. The number of fused-ring (bicyclic) bond motifs is 1. The first-order valence-electron chi connectivity index (χ1n) is 11.0. The van der Waals surface area contributed by atoms with E-state index in [2.05, 4.69) is 15.3 Å². The summed E-state index contributed by atoms with van der Waals surface area (Å²) in [5.74, 6) is -0.143. The van der Waals surface area contributed by atoms with Gasteiger partial charge in [0.05, 0.1) is 22.3 Å². The first kappa shape index (κ1) is 20.8. The van der Waals surface area contributed by atoms with Gasteiger partial charge in [0.15, 0.2) is 0 Å². The number of hydrogen-bond acceptors (Lipinski definition) is 5. The Hall–Kier alpha value is -4.13. The van der Waals surface area contributed by atoms with Crippen LogP contribution in [0.3, 0.4) is 0 Å². The maximum Gasteiger partial charge on any atom is 0.254 e. The van der Waals surface area contributed by atoms with Gasteiger partial charge in [-0.3, -0.25) is 19.6 Å². The lowest BCUT2D eigenvalue weighted by Gasteiger charge is -2.32. The number of nitrogens with zero attached hydrogens (tertiary/aromatic N) is 4. The van der Waals surface area contributed by atoms with E-state index in [4.69, 9.17) is 4.98 Å². The number of carbonyl (C=O) groups excluding carboxylic acids is 2. The van der Waals surface area contributed by atoms with Crippen LogP contribution in [0.25, 0.3) is 22.2 Å². The molecule has 33 heavy (non-hydrogen) atoms. The lowest BCUT2D eigenvalue weighted by atomic mass is 10.0. The Labute approximate surface area is 191 Å². The predicted molar refractivity (Wildman–Crippen MR) is 126 cm³/mol. The molecule has 2 amide bonds. The Bertz CT molecular complexity index is 1290. The van der Waals surface area contributed by atoms with E-state index in [9.17, 15) is 9.59 Å². The van der Waals surface area contributed by atoms with E-state index < -0.39 is 0 Å². The van der Waals surface area contributed by atoms with Crippen molar-refractivity contribution in [2.45, 2.75) is 18.9 Å². The third-order valence-electron chi connectivity index (χ3n) is 5.96. The number of amides is 2. The van der Waals surface area contributed by atoms with Crippen molar-refractivity contribution >= 4 is 22.7 Å². The zero-order chi connectivity index (χ0) is 22.6. The topological polar surface area (TPSA) is 88.1 Å². The van der Waals surface area contributed by atoms with Gasteiger partial charge >= 0.3 is 0 Å². The van der Waals surface area contributed by atoms with Crippen molar-refractivity contribution in [1.29, 1.82) is 0 Å². The second-order valence-corrected chi connectivity index (χ2v) is 8.09. The molecule has 0 spiro atoms. The molecule has 0 atom stereocenters. The summed E-state index contributed by atoms with van der Waals surface area (Å²) < 4.78 is 0. The summed E-state index contributed by atoms with van der Waals surface area (Å²) in [4.78, 5) is 40.7. The maximum absolute atomic E-state index is 13.5. The van der Waals surface area contributed by atoms with E-state index in [1.165, 1.54) is 0 Å². The van der Waals surface area contributed by atoms with Crippen molar-refractivity contribution in [3.63, 3.8) is 0 Å². The Balaban J connectivity index is 1.34. The second-order valence-electron chi connectivity index (χ2n) is 8.09. The fourth-order valence-corrected chi connectivity index (χ4v) is 4.19. The van der Waals surface area contributed by atoms with Crippen LogP contribution in [0.5, 0.6) is 0 Å². The highest BCUT2D eigenvalue weighted by atomic mass is 16.2. The molecule has 1 aliphatic heterocycles. The molecule has 1 aliphatic rings. The highest BCUT2D eigenvalue weighted by Gasteiger charge is 2.26. The molecule has 5 rings (SSSR count). The summed E-state index contributed by atoms with van der Waals surface area (Å²) in [5, 5.41) is 3.90. The lowest BCUT2D eigenvalue weighted by Crippen LogP contribution is -2.46. The van der Waals surface area contributed by atoms with E-state index in [0.717, 1.165) is 22.2 Å². The molecule has 0 unspecified atom stereocenters. The summed E-state index contributed by atoms with van der Waals surface area (Å²) >= 11 is 0. The normalized spacial score (nSPS) is 14.2. The summed E-state index contributed by atoms with van der Waals surface area (Å²) in [6.45, 7) is 1.16. The van der Waals surface area contributed by atoms with Gasteiger partial charge in [0.2, 0.25) is 0 Å². The van der Waals surface area contributed by atoms with Crippen molar-refractivity contribution in [3.8, 4) is 11.3 Å². The Morgan fingerprint density at radius 2 is 1.70 bits per heavy atom. The van der Waals surface area contributed by atoms with Crippen LogP contribution in [0.2, 0.25) is 0 Å². The summed E-state index contributed by atoms with van der Waals surface area (Å²) in [6, 6.07) is 16.9. The molecule has 7 heteroatoms. The SMILES string of the molecule is O=C(NC1CCN(C(=O)c2cc(-c3ccncc3)nc3ccccc23)CC1)c1cccnc1. The van der Waals surface area contributed by atoms with Crippen molar-refractivity contribution < 1.29 is 9.59 Å². The van der Waals surface area contributed by atoms with Gasteiger partial charge in [-0.05, 0) is 49.2 Å². The van der Waals surface area contributed by atoms with Crippen molar-refractivity contribution in [1.82, 2.24) is 25.2 Å². The molecule has 1 N–H and O–H groups in total. The van der Waals surface area contributed by atoms with Gasteiger partial charge < -0.3 is 10.2 Å². The Kier molecular flexibility index (Phi) is 5.76. The van der Waals surface area contributed by atoms with Crippen LogP contribution >= 0.6 is 0 Å². The molecule has 1 fully saturated rings. The number of para-hydroxylation sites is 1. The van der Waals surface area contributed by atoms with Crippen molar-refractivity contribution in [2.75, 3.05) is 13.1 Å². The van der Waals surface area contributed by atoms with Crippen LogP contribution in [0.1, 0.15) is 33.6 Å². The third-order valence-corrected chi connectivity index (χ3v) is 5.96. The van der Waals surface area contributed by atoms with Crippen LogP contribution in [0.15, 0.2) is 79.4 Å². The molecule has 1 saturated heterocycles. The Morgan fingerprint density at radius 1 is 0.909 bits per heavy atom. The van der Waals surface area contributed by atoms with E-state index in [0.29, 0.717) is 37.1 Å². The third kappa shape index (κ3) is 4.43. The van der Waals surface area contributed by atoms with Crippen LogP contribution in [0, 0.1) is 0 Å². The van der Waals surface area contributed by atoms with Crippen LogP contribution in [-0.2, 0) is 0 Å². The van der Waals surface area contributed by atoms with Crippen molar-refractivity contribution in [2.24, 2.45) is 0 Å². The summed E-state index contributed by atoms with van der Waals surface area (Å²) in [5.41, 5.74) is 3.64. The molecule has 4 aromatic rings. The number of likely N-dealkylation sites (tertiary alicyclic amines) is 1. The number of hydrogen-bond donors (Lipinski definition) is 1. The Morgan fingerprint density at radius 3 is 2.45 bits per heavy atom. The number of nitrogens with one attached hydrogen (secondary N) is 1. The molecule has 164 valence electrons. The number of pyridine rings is 3. The van der Waals surface area contributed by atoms with Gasteiger partial charge in [-0.1, -0.05) is 18.2 Å². The molecule has 1 aromatic carbocycles. The average molecular weight is 438 g/mol. The molecule has 0 bridgehead atoms. The quantitative estimate of drug-likeness (QED) is 0.526. The van der Waals surface area contributed by atoms with E-state index in [1.54, 1.807) is 36.9 Å². The van der Waals surface area contributed by atoms with Gasteiger partial charge in [0, 0.05) is 54.9 Å². The molecule has 7 nitrogen and oxygen atoms in total. The highest BCUT2D eigenvalue weighted by Crippen LogP contribution is 2.26. The molecular weight excluding hydrogens is 414 g/mol. The minimum atomic E-state index is -0.130. The molecule has 0 radical (unpaired) electrons. The predicted octanol–water partition coefficient (Wildman–Crippen LogP) is 3.73. The lowest BCUT2D eigenvalue weighted by molar-refractivity contribution is 0.0700. The van der Waals surface area contributed by atoms with Gasteiger partial charge in [-0.2, -0.15) is 0 Å². The van der Waals surface area contributed by atoms with Crippen LogP contribution in [-0.4, -0.2) is 50.8 Å². The van der Waals surface area contributed by atoms with Crippen LogP contribution in [0.4, 0.5) is 0 Å². The number of carbonyl (C=O) groups is 2. The van der Waals surface area contributed by atoms with Crippen molar-refractivity contribution in [3.05, 3.63) is 90.5 Å². The summed E-state index contributed by atoms with van der Waals surface area (Å²) in [7, 11) is 0. The van der Waals surface area contributed by atoms with Gasteiger partial charge in [-0.15, -0.1) is 0 Å². The monoisotopic (exact) mass is 437 g/mol. The minimum absolute atomic E-state index is 0.0130. The molecule has 0 aliphatic carbocycles. The fraction of sp³-hybridized carbons (Fsp3) is 0.192.